The zero-order valence-electron chi connectivity index (χ0n) is 11.1. The zero-order chi connectivity index (χ0) is 13.4. The Morgan fingerprint density at radius 2 is 2.00 bits per heavy atom. The number of imide groups is 1. The van der Waals surface area contributed by atoms with Crippen molar-refractivity contribution in [3.8, 4) is 0 Å². The summed E-state index contributed by atoms with van der Waals surface area (Å²) in [6, 6.07) is 0. The molecule has 2 aliphatic rings. The lowest BCUT2D eigenvalue weighted by Crippen LogP contribution is -2.34. The van der Waals surface area contributed by atoms with Crippen LogP contribution >= 0.6 is 0 Å². The number of likely N-dealkylation sites (tertiary alicyclic amines) is 1. The van der Waals surface area contributed by atoms with Gasteiger partial charge in [-0.15, -0.1) is 0 Å². The number of rotatable bonds is 4. The molecular weight excluding hydrogens is 242 g/mol. The van der Waals surface area contributed by atoms with Gasteiger partial charge >= 0.3 is 0 Å². The highest BCUT2D eigenvalue weighted by molar-refractivity contribution is 6.05. The molecule has 1 saturated heterocycles. The molecule has 0 bridgehead atoms. The third-order valence-electron chi connectivity index (χ3n) is 4.53. The predicted octanol–water partition coefficient (Wildman–Crippen LogP) is 1.37. The van der Waals surface area contributed by atoms with E-state index in [1.807, 2.05) is 0 Å². The molecule has 1 N–H and O–H groups in total. The molecule has 102 valence electrons. The summed E-state index contributed by atoms with van der Waals surface area (Å²) in [4.78, 5) is 33.2. The average Bonchev–Trinajstić information content (AvgIpc) is 3.10. The number of fused-ring (bicyclic) bond motifs is 1. The van der Waals surface area contributed by atoms with Crippen molar-refractivity contribution in [3.63, 3.8) is 0 Å². The second-order valence-electron chi connectivity index (χ2n) is 5.57. The van der Waals surface area contributed by atoms with E-state index in [1.165, 1.54) is 4.90 Å². The van der Waals surface area contributed by atoms with Crippen molar-refractivity contribution >= 4 is 11.8 Å². The van der Waals surface area contributed by atoms with Crippen LogP contribution in [0.5, 0.6) is 0 Å². The van der Waals surface area contributed by atoms with Crippen LogP contribution in [-0.4, -0.2) is 33.2 Å². The molecule has 5 nitrogen and oxygen atoms in total. The van der Waals surface area contributed by atoms with E-state index < -0.39 is 0 Å². The molecule has 2 fully saturated rings. The van der Waals surface area contributed by atoms with Gasteiger partial charge in [0.2, 0.25) is 11.8 Å². The second-order valence-corrected chi connectivity index (χ2v) is 5.57. The number of amides is 2. The van der Waals surface area contributed by atoms with Crippen molar-refractivity contribution in [2.24, 2.45) is 17.8 Å². The van der Waals surface area contributed by atoms with Crippen molar-refractivity contribution in [3.05, 3.63) is 18.2 Å². The van der Waals surface area contributed by atoms with Gasteiger partial charge in [-0.05, 0) is 18.8 Å². The van der Waals surface area contributed by atoms with Crippen molar-refractivity contribution in [1.29, 1.82) is 0 Å². The van der Waals surface area contributed by atoms with Crippen molar-refractivity contribution in [2.45, 2.75) is 32.6 Å². The molecule has 0 aromatic carbocycles. The van der Waals surface area contributed by atoms with Crippen LogP contribution in [0.1, 0.15) is 32.0 Å². The fraction of sp³-hybridized carbons (Fsp3) is 0.643. The van der Waals surface area contributed by atoms with Crippen LogP contribution in [-0.2, 0) is 16.0 Å². The second kappa shape index (κ2) is 4.79. The number of nitrogens with one attached hydrogen (secondary N) is 1. The van der Waals surface area contributed by atoms with Gasteiger partial charge in [0.05, 0.1) is 11.8 Å². The third kappa shape index (κ3) is 2.07. The van der Waals surface area contributed by atoms with E-state index in [9.17, 15) is 9.59 Å². The first-order chi connectivity index (χ1) is 9.20. The standard InChI is InChI=1S/C14H19N3O2/c1-2-9-7-10-11(8-9)14(19)17(13(10)18)6-3-12-15-4-5-16-12/h4-5,9-11H,2-3,6-8H2,1H3,(H,15,16). The molecule has 1 aromatic rings. The molecule has 2 amide bonds. The Morgan fingerprint density at radius 1 is 1.32 bits per heavy atom. The Bertz CT molecular complexity index is 459. The lowest BCUT2D eigenvalue weighted by Gasteiger charge is -2.16. The summed E-state index contributed by atoms with van der Waals surface area (Å²) < 4.78 is 0. The van der Waals surface area contributed by atoms with Crippen LogP contribution in [0.3, 0.4) is 0 Å². The molecule has 2 unspecified atom stereocenters. The summed E-state index contributed by atoms with van der Waals surface area (Å²) >= 11 is 0. The number of imidazole rings is 1. The topological polar surface area (TPSA) is 66.1 Å². The van der Waals surface area contributed by atoms with Gasteiger partial charge < -0.3 is 4.98 Å². The summed E-state index contributed by atoms with van der Waals surface area (Å²) in [6.45, 7) is 2.59. The van der Waals surface area contributed by atoms with Gasteiger partial charge in [0.25, 0.3) is 0 Å². The minimum atomic E-state index is -0.0472. The number of aromatic amines is 1. The molecule has 3 rings (SSSR count). The number of nitrogens with zero attached hydrogens (tertiary/aromatic N) is 2. The zero-order valence-corrected chi connectivity index (χ0v) is 11.1. The van der Waals surface area contributed by atoms with Crippen LogP contribution < -0.4 is 0 Å². The van der Waals surface area contributed by atoms with Crippen LogP contribution in [0.15, 0.2) is 12.4 Å². The van der Waals surface area contributed by atoms with Crippen molar-refractivity contribution < 1.29 is 9.59 Å². The maximum absolute atomic E-state index is 12.3. The van der Waals surface area contributed by atoms with E-state index in [1.54, 1.807) is 12.4 Å². The maximum Gasteiger partial charge on any atom is 0.233 e. The number of hydrogen-bond donors (Lipinski definition) is 1. The minimum Gasteiger partial charge on any atom is -0.349 e. The van der Waals surface area contributed by atoms with Crippen LogP contribution in [0.2, 0.25) is 0 Å². The highest BCUT2D eigenvalue weighted by Gasteiger charge is 2.51. The van der Waals surface area contributed by atoms with Gasteiger partial charge in [-0.25, -0.2) is 4.98 Å². The van der Waals surface area contributed by atoms with Gasteiger partial charge in [-0.1, -0.05) is 13.3 Å². The molecule has 2 heterocycles. The van der Waals surface area contributed by atoms with Crippen LogP contribution in [0, 0.1) is 17.8 Å². The molecule has 1 saturated carbocycles. The quantitative estimate of drug-likeness (QED) is 0.832. The summed E-state index contributed by atoms with van der Waals surface area (Å²) in [5.74, 6) is 1.36. The molecule has 5 heteroatoms. The first kappa shape index (κ1) is 12.4. The lowest BCUT2D eigenvalue weighted by atomic mass is 10.00. The van der Waals surface area contributed by atoms with Crippen molar-refractivity contribution in [1.82, 2.24) is 14.9 Å². The van der Waals surface area contributed by atoms with Gasteiger partial charge in [-0.2, -0.15) is 0 Å². The number of hydrogen-bond acceptors (Lipinski definition) is 3. The Morgan fingerprint density at radius 3 is 2.53 bits per heavy atom. The molecular formula is C14H19N3O2. The molecule has 0 radical (unpaired) electrons. The minimum absolute atomic E-state index is 0.0394. The maximum atomic E-state index is 12.3. The fourth-order valence-corrected chi connectivity index (χ4v) is 3.40. The molecule has 2 atom stereocenters. The number of carbonyl (C=O) groups excluding carboxylic acids is 2. The fourth-order valence-electron chi connectivity index (χ4n) is 3.40. The Balaban J connectivity index is 1.65. The highest BCUT2D eigenvalue weighted by Crippen LogP contribution is 2.44. The molecule has 1 aliphatic heterocycles. The Kier molecular flexibility index (Phi) is 3.12. The molecule has 1 aromatic heterocycles. The van der Waals surface area contributed by atoms with E-state index in [2.05, 4.69) is 16.9 Å². The van der Waals surface area contributed by atoms with E-state index in [0.717, 1.165) is 25.1 Å². The Labute approximate surface area is 112 Å². The monoisotopic (exact) mass is 261 g/mol. The van der Waals surface area contributed by atoms with Gasteiger partial charge in [-0.3, -0.25) is 14.5 Å². The van der Waals surface area contributed by atoms with E-state index in [0.29, 0.717) is 18.9 Å². The van der Waals surface area contributed by atoms with E-state index in [-0.39, 0.29) is 23.7 Å². The average molecular weight is 261 g/mol. The van der Waals surface area contributed by atoms with Gasteiger partial charge in [0, 0.05) is 25.4 Å². The Hall–Kier alpha value is -1.65. The molecule has 19 heavy (non-hydrogen) atoms. The lowest BCUT2D eigenvalue weighted by molar-refractivity contribution is -0.140. The van der Waals surface area contributed by atoms with Crippen LogP contribution in [0.25, 0.3) is 0 Å². The first-order valence-corrected chi connectivity index (χ1v) is 7.04. The first-order valence-electron chi connectivity index (χ1n) is 7.04. The predicted molar refractivity (Wildman–Crippen MR) is 69.0 cm³/mol. The summed E-state index contributed by atoms with van der Waals surface area (Å²) in [7, 11) is 0. The van der Waals surface area contributed by atoms with Crippen molar-refractivity contribution in [2.75, 3.05) is 6.54 Å². The van der Waals surface area contributed by atoms with E-state index >= 15 is 0 Å². The molecule has 1 aliphatic carbocycles. The molecule has 0 spiro atoms. The van der Waals surface area contributed by atoms with Gasteiger partial charge in [0.15, 0.2) is 0 Å². The summed E-state index contributed by atoms with van der Waals surface area (Å²) in [5, 5.41) is 0. The smallest absolute Gasteiger partial charge is 0.233 e. The number of aromatic nitrogens is 2. The van der Waals surface area contributed by atoms with E-state index in [4.69, 9.17) is 0 Å². The number of H-pyrrole nitrogens is 1. The van der Waals surface area contributed by atoms with Gasteiger partial charge in [0.1, 0.15) is 5.82 Å². The SMILES string of the molecule is CCC1CC2C(=O)N(CCc3ncc[nH]3)C(=O)C2C1. The summed E-state index contributed by atoms with van der Waals surface area (Å²) in [5.41, 5.74) is 0. The largest absolute Gasteiger partial charge is 0.349 e. The third-order valence-corrected chi connectivity index (χ3v) is 4.53. The van der Waals surface area contributed by atoms with Crippen LogP contribution in [0.4, 0.5) is 0 Å². The number of carbonyl (C=O) groups is 2. The normalized spacial score (nSPS) is 30.2. The highest BCUT2D eigenvalue weighted by atomic mass is 16.2. The summed E-state index contributed by atoms with van der Waals surface area (Å²) in [6.07, 6.45) is 6.90.